The topological polar surface area (TPSA) is 77.5 Å². The summed E-state index contributed by atoms with van der Waals surface area (Å²) in [5, 5.41) is 2.77. The molecule has 0 radical (unpaired) electrons. The molecule has 6 nitrogen and oxygen atoms in total. The van der Waals surface area contributed by atoms with Crippen LogP contribution < -0.4 is 10.1 Å². The number of hydrogen-bond donors (Lipinski definition) is 1. The molecule has 1 heterocycles. The molecule has 0 fully saturated rings. The van der Waals surface area contributed by atoms with E-state index in [-0.39, 0.29) is 16.4 Å². The maximum Gasteiger partial charge on any atom is 0.387 e. The number of nitrogens with one attached hydrogen (secondary N) is 1. The Labute approximate surface area is 134 Å². The average Bonchev–Trinajstić information content (AvgIpc) is 2.87. The highest BCUT2D eigenvalue weighted by atomic mass is 32.1. The van der Waals surface area contributed by atoms with E-state index in [0.29, 0.717) is 10.6 Å². The SMILES string of the molecule is COC(=O)c1sc(NC(=O)c2ccc(OC(F)F)cc2)nc1C. The predicted molar refractivity (Wildman–Crippen MR) is 79.2 cm³/mol. The van der Waals surface area contributed by atoms with Crippen molar-refractivity contribution in [1.82, 2.24) is 4.98 Å². The van der Waals surface area contributed by atoms with Crippen LogP contribution in [0.2, 0.25) is 0 Å². The van der Waals surface area contributed by atoms with Gasteiger partial charge in [0.25, 0.3) is 5.91 Å². The number of aryl methyl sites for hydroxylation is 1. The molecule has 2 rings (SSSR count). The number of hydrogen-bond acceptors (Lipinski definition) is 6. The van der Waals surface area contributed by atoms with E-state index in [2.05, 4.69) is 19.8 Å². The first-order valence-electron chi connectivity index (χ1n) is 6.32. The van der Waals surface area contributed by atoms with Gasteiger partial charge in [0.1, 0.15) is 10.6 Å². The molecule has 1 aromatic heterocycles. The maximum absolute atomic E-state index is 12.1. The highest BCUT2D eigenvalue weighted by molar-refractivity contribution is 7.17. The fraction of sp³-hybridized carbons (Fsp3) is 0.214. The Balaban J connectivity index is 2.08. The van der Waals surface area contributed by atoms with E-state index in [1.807, 2.05) is 0 Å². The average molecular weight is 342 g/mol. The number of amides is 1. The van der Waals surface area contributed by atoms with Gasteiger partial charge in [-0.25, -0.2) is 9.78 Å². The zero-order chi connectivity index (χ0) is 17.0. The second-order valence-electron chi connectivity index (χ2n) is 4.28. The van der Waals surface area contributed by atoms with Crippen LogP contribution in [0.5, 0.6) is 5.75 Å². The van der Waals surface area contributed by atoms with Gasteiger partial charge in [0.15, 0.2) is 5.13 Å². The fourth-order valence-electron chi connectivity index (χ4n) is 1.69. The first kappa shape index (κ1) is 16.8. The molecule has 0 aliphatic carbocycles. The third-order valence-corrected chi connectivity index (χ3v) is 3.78. The van der Waals surface area contributed by atoms with Crippen LogP contribution in [0.1, 0.15) is 25.7 Å². The van der Waals surface area contributed by atoms with E-state index >= 15 is 0 Å². The molecule has 0 saturated heterocycles. The molecule has 0 spiro atoms. The number of carbonyl (C=O) groups is 2. The fourth-order valence-corrected chi connectivity index (χ4v) is 2.57. The second kappa shape index (κ2) is 7.14. The Morgan fingerprint density at radius 2 is 1.91 bits per heavy atom. The number of rotatable bonds is 5. The molecule has 1 amide bonds. The van der Waals surface area contributed by atoms with Crippen LogP contribution in [-0.2, 0) is 4.74 Å². The van der Waals surface area contributed by atoms with Crippen molar-refractivity contribution in [3.05, 3.63) is 40.4 Å². The summed E-state index contributed by atoms with van der Waals surface area (Å²) in [5.41, 5.74) is 0.678. The van der Waals surface area contributed by atoms with Crippen molar-refractivity contribution < 1.29 is 27.8 Å². The van der Waals surface area contributed by atoms with Crippen LogP contribution in [0.15, 0.2) is 24.3 Å². The van der Waals surface area contributed by atoms with Gasteiger partial charge in [-0.05, 0) is 31.2 Å². The number of anilines is 1. The molecule has 0 aliphatic rings. The number of ether oxygens (including phenoxy) is 2. The van der Waals surface area contributed by atoms with E-state index in [4.69, 9.17) is 0 Å². The molecule has 0 atom stereocenters. The molecule has 23 heavy (non-hydrogen) atoms. The summed E-state index contributed by atoms with van der Waals surface area (Å²) in [7, 11) is 1.25. The van der Waals surface area contributed by atoms with Crippen LogP contribution in [0, 0.1) is 6.92 Å². The Morgan fingerprint density at radius 1 is 1.26 bits per heavy atom. The normalized spacial score (nSPS) is 10.5. The van der Waals surface area contributed by atoms with Crippen molar-refractivity contribution in [3.8, 4) is 5.75 Å². The summed E-state index contributed by atoms with van der Waals surface area (Å²) in [6.07, 6.45) is 0. The van der Waals surface area contributed by atoms with Crippen LogP contribution in [0.3, 0.4) is 0 Å². The molecule has 1 N–H and O–H groups in total. The molecule has 0 bridgehead atoms. The number of benzene rings is 1. The number of methoxy groups -OCH3 is 1. The molecule has 0 saturated carbocycles. The second-order valence-corrected chi connectivity index (χ2v) is 5.28. The van der Waals surface area contributed by atoms with E-state index in [0.717, 1.165) is 11.3 Å². The van der Waals surface area contributed by atoms with Gasteiger partial charge in [-0.3, -0.25) is 10.1 Å². The summed E-state index contributed by atoms with van der Waals surface area (Å²) < 4.78 is 32.9. The number of halogens is 2. The lowest BCUT2D eigenvalue weighted by Crippen LogP contribution is -2.11. The highest BCUT2D eigenvalue weighted by Gasteiger charge is 2.17. The summed E-state index contributed by atoms with van der Waals surface area (Å²) in [4.78, 5) is 27.9. The molecule has 0 aliphatic heterocycles. The first-order valence-corrected chi connectivity index (χ1v) is 7.14. The predicted octanol–water partition coefficient (Wildman–Crippen LogP) is 3.09. The Kier molecular flexibility index (Phi) is 5.22. The summed E-state index contributed by atoms with van der Waals surface area (Å²) >= 11 is 0.985. The van der Waals surface area contributed by atoms with E-state index < -0.39 is 18.5 Å². The van der Waals surface area contributed by atoms with Gasteiger partial charge < -0.3 is 9.47 Å². The van der Waals surface area contributed by atoms with Crippen LogP contribution in [0.4, 0.5) is 13.9 Å². The minimum absolute atomic E-state index is 0.0466. The van der Waals surface area contributed by atoms with Crippen molar-refractivity contribution in [3.63, 3.8) is 0 Å². The van der Waals surface area contributed by atoms with E-state index in [1.54, 1.807) is 6.92 Å². The first-order chi connectivity index (χ1) is 10.9. The third kappa shape index (κ3) is 4.22. The number of aromatic nitrogens is 1. The van der Waals surface area contributed by atoms with Gasteiger partial charge >= 0.3 is 12.6 Å². The van der Waals surface area contributed by atoms with Gasteiger partial charge in [-0.15, -0.1) is 0 Å². The van der Waals surface area contributed by atoms with E-state index in [9.17, 15) is 18.4 Å². The van der Waals surface area contributed by atoms with Gasteiger partial charge in [0.05, 0.1) is 12.8 Å². The molecule has 2 aromatic rings. The lowest BCUT2D eigenvalue weighted by Gasteiger charge is -2.05. The monoisotopic (exact) mass is 342 g/mol. The number of thiazole rings is 1. The molecular weight excluding hydrogens is 330 g/mol. The standard InChI is InChI=1S/C14H12F2N2O4S/c1-7-10(12(20)21-2)23-14(17-7)18-11(19)8-3-5-9(6-4-8)22-13(15)16/h3-6,13H,1-2H3,(H,17,18,19). The molecule has 1 aromatic carbocycles. The number of nitrogens with zero attached hydrogens (tertiary/aromatic N) is 1. The number of esters is 1. The van der Waals surface area contributed by atoms with Crippen LogP contribution in [-0.4, -0.2) is 30.6 Å². The number of alkyl halides is 2. The van der Waals surface area contributed by atoms with Crippen molar-refractivity contribution in [2.24, 2.45) is 0 Å². The lowest BCUT2D eigenvalue weighted by molar-refractivity contribution is -0.0498. The largest absolute Gasteiger partial charge is 0.465 e. The van der Waals surface area contributed by atoms with Crippen LogP contribution in [0.25, 0.3) is 0 Å². The van der Waals surface area contributed by atoms with Gasteiger partial charge in [0, 0.05) is 5.56 Å². The minimum Gasteiger partial charge on any atom is -0.465 e. The zero-order valence-electron chi connectivity index (χ0n) is 12.1. The van der Waals surface area contributed by atoms with Crippen molar-refractivity contribution in [1.29, 1.82) is 0 Å². The van der Waals surface area contributed by atoms with E-state index in [1.165, 1.54) is 31.4 Å². The summed E-state index contributed by atoms with van der Waals surface area (Å²) in [5.74, 6) is -1.07. The highest BCUT2D eigenvalue weighted by Crippen LogP contribution is 2.24. The molecule has 0 unspecified atom stereocenters. The Morgan fingerprint density at radius 3 is 2.48 bits per heavy atom. The summed E-state index contributed by atoms with van der Waals surface area (Å²) in [6, 6.07) is 5.20. The Bertz CT molecular complexity index is 716. The molecular formula is C14H12F2N2O4S. The Hall–Kier alpha value is -2.55. The maximum atomic E-state index is 12.1. The van der Waals surface area contributed by atoms with Gasteiger partial charge in [-0.1, -0.05) is 11.3 Å². The van der Waals surface area contributed by atoms with Crippen molar-refractivity contribution >= 4 is 28.3 Å². The van der Waals surface area contributed by atoms with Crippen molar-refractivity contribution in [2.75, 3.05) is 12.4 Å². The minimum atomic E-state index is -2.93. The van der Waals surface area contributed by atoms with Crippen molar-refractivity contribution in [2.45, 2.75) is 13.5 Å². The molecule has 122 valence electrons. The quantitative estimate of drug-likeness (QED) is 0.845. The lowest BCUT2D eigenvalue weighted by atomic mass is 10.2. The third-order valence-electron chi connectivity index (χ3n) is 2.73. The van der Waals surface area contributed by atoms with Crippen LogP contribution >= 0.6 is 11.3 Å². The van der Waals surface area contributed by atoms with Gasteiger partial charge in [-0.2, -0.15) is 8.78 Å². The number of carbonyl (C=O) groups excluding carboxylic acids is 2. The summed E-state index contributed by atoms with van der Waals surface area (Å²) in [6.45, 7) is -1.31. The molecule has 9 heteroatoms. The zero-order valence-corrected chi connectivity index (χ0v) is 12.9. The smallest absolute Gasteiger partial charge is 0.387 e. The van der Waals surface area contributed by atoms with Gasteiger partial charge in [0.2, 0.25) is 0 Å².